The fourth-order valence-corrected chi connectivity index (χ4v) is 4.36. The quantitative estimate of drug-likeness (QED) is 0.773. The largest absolute Gasteiger partial charge is 0.481 e. The van der Waals surface area contributed by atoms with E-state index in [9.17, 15) is 19.5 Å². The summed E-state index contributed by atoms with van der Waals surface area (Å²) >= 11 is 0. The third-order valence-electron chi connectivity index (χ3n) is 5.93. The van der Waals surface area contributed by atoms with E-state index in [2.05, 4.69) is 5.32 Å². The fraction of sp³-hybridized carbons (Fsp3) is 0.550. The number of fused-ring (bicyclic) bond motifs is 1. The van der Waals surface area contributed by atoms with Crippen LogP contribution in [0.2, 0.25) is 0 Å². The van der Waals surface area contributed by atoms with Gasteiger partial charge in [0.1, 0.15) is 0 Å². The average molecular weight is 374 g/mol. The van der Waals surface area contributed by atoms with Crippen LogP contribution in [0.1, 0.15) is 31.7 Å². The number of carbonyl (C=O) groups is 3. The van der Waals surface area contributed by atoms with Crippen LogP contribution in [0.3, 0.4) is 0 Å². The maximum absolute atomic E-state index is 12.6. The number of rotatable bonds is 5. The first-order chi connectivity index (χ1) is 12.9. The maximum atomic E-state index is 12.6. The number of nitrogens with one attached hydrogen (secondary N) is 1. The van der Waals surface area contributed by atoms with Crippen molar-refractivity contribution in [1.82, 2.24) is 4.90 Å². The lowest BCUT2D eigenvalue weighted by molar-refractivity contribution is -0.149. The summed E-state index contributed by atoms with van der Waals surface area (Å²) in [7, 11) is 1.37. The van der Waals surface area contributed by atoms with Crippen molar-refractivity contribution >= 4 is 23.7 Å². The van der Waals surface area contributed by atoms with Gasteiger partial charge in [-0.25, -0.2) is 4.79 Å². The molecule has 1 aliphatic carbocycles. The molecule has 2 amide bonds. The number of carboxylic acid groups (broad SMARTS) is 1. The van der Waals surface area contributed by atoms with Crippen molar-refractivity contribution < 1.29 is 24.2 Å². The standard InChI is InChI=1S/C20H26N2O5/c1-13(17(23)27-2)10-14-5-7-16(8-6-14)21-19(26)22-11-15-4-3-9-20(15,12-22)18(24)25/h5-8,13,15H,3-4,9-12H2,1-2H3,(H,21,26)(H,24,25)/t13?,15-,20+/m0/s1. The Balaban J connectivity index is 1.59. The van der Waals surface area contributed by atoms with Gasteiger partial charge in [0.25, 0.3) is 0 Å². The van der Waals surface area contributed by atoms with Crippen molar-refractivity contribution in [3.8, 4) is 0 Å². The lowest BCUT2D eigenvalue weighted by Crippen LogP contribution is -2.38. The number of nitrogens with zero attached hydrogens (tertiary/aromatic N) is 1. The van der Waals surface area contributed by atoms with Gasteiger partial charge in [0.2, 0.25) is 0 Å². The molecule has 0 aromatic heterocycles. The number of aliphatic carboxylic acids is 1. The molecule has 7 heteroatoms. The van der Waals surface area contributed by atoms with E-state index in [1.807, 2.05) is 19.1 Å². The first-order valence-electron chi connectivity index (χ1n) is 9.32. The Morgan fingerprint density at radius 1 is 1.33 bits per heavy atom. The van der Waals surface area contributed by atoms with Crippen LogP contribution in [0.15, 0.2) is 24.3 Å². The molecule has 1 unspecified atom stereocenters. The number of esters is 1. The van der Waals surface area contributed by atoms with Crippen molar-refractivity contribution in [3.63, 3.8) is 0 Å². The summed E-state index contributed by atoms with van der Waals surface area (Å²) < 4.78 is 4.73. The zero-order chi connectivity index (χ0) is 19.6. The molecule has 3 atom stereocenters. The van der Waals surface area contributed by atoms with Gasteiger partial charge in [0.15, 0.2) is 0 Å². The molecule has 1 aromatic carbocycles. The Hall–Kier alpha value is -2.57. The zero-order valence-corrected chi connectivity index (χ0v) is 15.7. The van der Waals surface area contributed by atoms with Crippen molar-refractivity contribution in [3.05, 3.63) is 29.8 Å². The summed E-state index contributed by atoms with van der Waals surface area (Å²) in [6.45, 7) is 2.57. The number of benzene rings is 1. The predicted octanol–water partition coefficient (Wildman–Crippen LogP) is 2.76. The van der Waals surface area contributed by atoms with E-state index in [1.54, 1.807) is 17.0 Å². The van der Waals surface area contributed by atoms with Gasteiger partial charge >= 0.3 is 18.0 Å². The van der Waals surface area contributed by atoms with Crippen molar-refractivity contribution in [2.24, 2.45) is 17.3 Å². The number of methoxy groups -OCH3 is 1. The van der Waals surface area contributed by atoms with E-state index < -0.39 is 11.4 Å². The minimum absolute atomic E-state index is 0.0444. The number of ether oxygens (including phenoxy) is 1. The average Bonchev–Trinajstić information content (AvgIpc) is 3.21. The highest BCUT2D eigenvalue weighted by atomic mass is 16.5. The maximum Gasteiger partial charge on any atom is 0.321 e. The first kappa shape index (κ1) is 19.2. The molecule has 0 radical (unpaired) electrons. The van der Waals surface area contributed by atoms with E-state index in [0.29, 0.717) is 25.1 Å². The minimum Gasteiger partial charge on any atom is -0.481 e. The number of amides is 2. The van der Waals surface area contributed by atoms with E-state index >= 15 is 0 Å². The molecule has 0 bridgehead atoms. The third-order valence-corrected chi connectivity index (χ3v) is 5.93. The molecule has 1 saturated heterocycles. The lowest BCUT2D eigenvalue weighted by Gasteiger charge is -2.23. The van der Waals surface area contributed by atoms with E-state index in [-0.39, 0.29) is 30.4 Å². The van der Waals surface area contributed by atoms with Crippen LogP contribution in [0, 0.1) is 17.3 Å². The van der Waals surface area contributed by atoms with Gasteiger partial charge in [-0.1, -0.05) is 25.5 Å². The smallest absolute Gasteiger partial charge is 0.321 e. The minimum atomic E-state index is -0.788. The zero-order valence-electron chi connectivity index (χ0n) is 15.7. The lowest BCUT2D eigenvalue weighted by atomic mass is 9.81. The fourth-order valence-electron chi connectivity index (χ4n) is 4.36. The van der Waals surface area contributed by atoms with Gasteiger partial charge in [0, 0.05) is 18.8 Å². The summed E-state index contributed by atoms with van der Waals surface area (Å²) in [4.78, 5) is 37.4. The van der Waals surface area contributed by atoms with Gasteiger partial charge in [-0.2, -0.15) is 0 Å². The Kier molecular flexibility index (Phi) is 5.39. The molecule has 2 N–H and O–H groups in total. The molecule has 7 nitrogen and oxygen atoms in total. The van der Waals surface area contributed by atoms with Crippen LogP contribution < -0.4 is 5.32 Å². The molecular weight excluding hydrogens is 348 g/mol. The highest BCUT2D eigenvalue weighted by molar-refractivity contribution is 5.90. The van der Waals surface area contributed by atoms with Gasteiger partial charge < -0.3 is 20.1 Å². The normalized spacial score (nSPS) is 25.0. The van der Waals surface area contributed by atoms with Gasteiger partial charge in [-0.15, -0.1) is 0 Å². The molecule has 0 spiro atoms. The van der Waals surface area contributed by atoms with E-state index in [0.717, 1.165) is 18.4 Å². The number of urea groups is 1. The molecule has 3 rings (SSSR count). The molecule has 27 heavy (non-hydrogen) atoms. The molecule has 2 fully saturated rings. The summed E-state index contributed by atoms with van der Waals surface area (Å²) in [5.74, 6) is -1.22. The van der Waals surface area contributed by atoms with Gasteiger partial charge in [-0.05, 0) is 42.9 Å². The first-order valence-corrected chi connectivity index (χ1v) is 9.32. The Morgan fingerprint density at radius 3 is 2.63 bits per heavy atom. The second-order valence-electron chi connectivity index (χ2n) is 7.69. The Morgan fingerprint density at radius 2 is 2.04 bits per heavy atom. The Bertz CT molecular complexity index is 732. The van der Waals surface area contributed by atoms with Crippen LogP contribution in [-0.4, -0.2) is 48.2 Å². The summed E-state index contributed by atoms with van der Waals surface area (Å²) in [6.07, 6.45) is 2.99. The SMILES string of the molecule is COC(=O)C(C)Cc1ccc(NC(=O)N2C[C@@H]3CCC[C@@]3(C(=O)O)C2)cc1. The van der Waals surface area contributed by atoms with Crippen LogP contribution in [0.25, 0.3) is 0 Å². The van der Waals surface area contributed by atoms with Crippen molar-refractivity contribution in [2.45, 2.75) is 32.6 Å². The highest BCUT2D eigenvalue weighted by Gasteiger charge is 2.55. The van der Waals surface area contributed by atoms with Crippen molar-refractivity contribution in [1.29, 1.82) is 0 Å². The van der Waals surface area contributed by atoms with Crippen LogP contribution in [0.4, 0.5) is 10.5 Å². The summed E-state index contributed by atoms with van der Waals surface area (Å²) in [5.41, 5.74) is 0.855. The molecule has 1 saturated carbocycles. The Labute approximate surface area is 158 Å². The number of anilines is 1. The highest BCUT2D eigenvalue weighted by Crippen LogP contribution is 2.48. The molecule has 1 aromatic rings. The number of hydrogen-bond donors (Lipinski definition) is 2. The van der Waals surface area contributed by atoms with Gasteiger partial charge in [0.05, 0.1) is 18.4 Å². The predicted molar refractivity (Wildman–Crippen MR) is 99.3 cm³/mol. The number of carbonyl (C=O) groups excluding carboxylic acids is 2. The van der Waals surface area contributed by atoms with Crippen LogP contribution in [0.5, 0.6) is 0 Å². The number of likely N-dealkylation sites (tertiary alicyclic amines) is 1. The summed E-state index contributed by atoms with van der Waals surface area (Å²) in [5, 5.41) is 12.5. The number of hydrogen-bond acceptors (Lipinski definition) is 4. The molecule has 2 aliphatic rings. The molecule has 146 valence electrons. The second-order valence-corrected chi connectivity index (χ2v) is 7.69. The van der Waals surface area contributed by atoms with Crippen LogP contribution >= 0.6 is 0 Å². The third kappa shape index (κ3) is 3.77. The molecular formula is C20H26N2O5. The molecule has 1 heterocycles. The summed E-state index contributed by atoms with van der Waals surface area (Å²) in [6, 6.07) is 7.06. The topological polar surface area (TPSA) is 95.9 Å². The van der Waals surface area contributed by atoms with E-state index in [1.165, 1.54) is 7.11 Å². The number of carboxylic acids is 1. The van der Waals surface area contributed by atoms with Crippen LogP contribution in [-0.2, 0) is 20.7 Å². The second kappa shape index (κ2) is 7.58. The van der Waals surface area contributed by atoms with Gasteiger partial charge in [-0.3, -0.25) is 9.59 Å². The van der Waals surface area contributed by atoms with Crippen molar-refractivity contribution in [2.75, 3.05) is 25.5 Å². The monoisotopic (exact) mass is 374 g/mol. The van der Waals surface area contributed by atoms with E-state index in [4.69, 9.17) is 4.74 Å². The molecule has 1 aliphatic heterocycles.